The molecule has 0 radical (unpaired) electrons. The molecule has 0 saturated carbocycles. The van der Waals surface area contributed by atoms with Crippen LogP contribution in [-0.4, -0.2) is 19.5 Å². The highest BCUT2D eigenvalue weighted by molar-refractivity contribution is 5.81. The van der Waals surface area contributed by atoms with E-state index in [0.717, 1.165) is 30.9 Å². The fourth-order valence-electron chi connectivity index (χ4n) is 2.73. The van der Waals surface area contributed by atoms with Crippen molar-refractivity contribution < 1.29 is 0 Å². The van der Waals surface area contributed by atoms with Crippen molar-refractivity contribution in [3.63, 3.8) is 0 Å². The maximum atomic E-state index is 6.07. The van der Waals surface area contributed by atoms with Crippen LogP contribution in [0, 0.1) is 0 Å². The highest BCUT2D eigenvalue weighted by Gasteiger charge is 2.11. The molecule has 5 nitrogen and oxygen atoms in total. The molecule has 23 heavy (non-hydrogen) atoms. The lowest BCUT2D eigenvalue weighted by molar-refractivity contribution is 0.653. The van der Waals surface area contributed by atoms with Crippen molar-refractivity contribution in [2.45, 2.75) is 45.6 Å². The first-order valence-corrected chi connectivity index (χ1v) is 8.29. The van der Waals surface area contributed by atoms with E-state index in [-0.39, 0.29) is 0 Å². The number of benzene rings is 1. The molecule has 2 heterocycles. The van der Waals surface area contributed by atoms with Crippen molar-refractivity contribution in [1.29, 1.82) is 0 Å². The highest BCUT2D eigenvalue weighted by Crippen LogP contribution is 2.18. The predicted octanol–water partition coefficient (Wildman–Crippen LogP) is 3.58. The molecule has 0 aliphatic heterocycles. The molecule has 2 aromatic heterocycles. The Hall–Kier alpha value is -2.43. The number of imidazole rings is 1. The van der Waals surface area contributed by atoms with Gasteiger partial charge in [-0.1, -0.05) is 56.5 Å². The van der Waals surface area contributed by atoms with Gasteiger partial charge in [-0.05, 0) is 12.0 Å². The van der Waals surface area contributed by atoms with Gasteiger partial charge >= 0.3 is 0 Å². The topological polar surface area (TPSA) is 69.6 Å². The van der Waals surface area contributed by atoms with Crippen LogP contribution in [0.15, 0.2) is 36.7 Å². The van der Waals surface area contributed by atoms with E-state index in [2.05, 4.69) is 29.0 Å². The van der Waals surface area contributed by atoms with Crippen LogP contribution in [-0.2, 0) is 13.0 Å². The van der Waals surface area contributed by atoms with Crippen LogP contribution in [0.5, 0.6) is 0 Å². The van der Waals surface area contributed by atoms with Gasteiger partial charge in [0.1, 0.15) is 11.3 Å². The smallest absolute Gasteiger partial charge is 0.166 e. The number of hydrogen-bond acceptors (Lipinski definition) is 4. The van der Waals surface area contributed by atoms with E-state index in [0.29, 0.717) is 11.3 Å². The number of rotatable bonds is 7. The lowest BCUT2D eigenvalue weighted by Gasteiger charge is -2.06. The summed E-state index contributed by atoms with van der Waals surface area (Å²) in [6.45, 7) is 2.95. The molecule has 5 heteroatoms. The zero-order valence-electron chi connectivity index (χ0n) is 13.6. The molecule has 2 N–H and O–H groups in total. The van der Waals surface area contributed by atoms with E-state index in [9.17, 15) is 0 Å². The Bertz CT molecular complexity index is 764. The summed E-state index contributed by atoms with van der Waals surface area (Å²) in [6, 6.07) is 10.3. The van der Waals surface area contributed by atoms with Gasteiger partial charge in [-0.15, -0.1) is 0 Å². The third kappa shape index (κ3) is 3.67. The second-order valence-corrected chi connectivity index (χ2v) is 5.87. The number of nitrogens with two attached hydrogens (primary N) is 1. The van der Waals surface area contributed by atoms with E-state index in [1.54, 1.807) is 6.33 Å². The molecule has 3 rings (SSSR count). The minimum Gasteiger partial charge on any atom is -0.382 e. The number of unbranched alkanes of at least 4 members (excludes halogenated alkanes) is 3. The van der Waals surface area contributed by atoms with Crippen LogP contribution in [0.1, 0.15) is 44.0 Å². The Balaban J connectivity index is 1.83. The average molecular weight is 309 g/mol. The maximum Gasteiger partial charge on any atom is 0.166 e. The molecule has 0 atom stereocenters. The molecule has 3 aromatic rings. The summed E-state index contributed by atoms with van der Waals surface area (Å²) in [5.41, 5.74) is 8.80. The van der Waals surface area contributed by atoms with Gasteiger partial charge in [0.15, 0.2) is 11.5 Å². The van der Waals surface area contributed by atoms with Gasteiger partial charge in [0.05, 0.1) is 12.9 Å². The van der Waals surface area contributed by atoms with Crippen LogP contribution in [0.3, 0.4) is 0 Å². The Kier molecular flexibility index (Phi) is 4.86. The lowest BCUT2D eigenvalue weighted by Crippen LogP contribution is -2.05. The highest BCUT2D eigenvalue weighted by atomic mass is 15.1. The van der Waals surface area contributed by atoms with Crippen LogP contribution >= 0.6 is 0 Å². The van der Waals surface area contributed by atoms with E-state index in [4.69, 9.17) is 10.7 Å². The van der Waals surface area contributed by atoms with E-state index in [1.807, 2.05) is 22.8 Å². The summed E-state index contributed by atoms with van der Waals surface area (Å²) in [4.78, 5) is 13.5. The van der Waals surface area contributed by atoms with Crippen LogP contribution < -0.4 is 5.73 Å². The Labute approximate surface area is 136 Å². The Morgan fingerprint density at radius 3 is 2.65 bits per heavy atom. The van der Waals surface area contributed by atoms with Crippen molar-refractivity contribution in [2.24, 2.45) is 0 Å². The molecule has 0 amide bonds. The Morgan fingerprint density at radius 1 is 1.04 bits per heavy atom. The van der Waals surface area contributed by atoms with Gasteiger partial charge in [-0.25, -0.2) is 15.0 Å². The minimum atomic E-state index is 0.479. The molecule has 1 aromatic carbocycles. The van der Waals surface area contributed by atoms with Crippen molar-refractivity contribution >= 4 is 17.0 Å². The summed E-state index contributed by atoms with van der Waals surface area (Å²) < 4.78 is 2.04. The average Bonchev–Trinajstić information content (AvgIpc) is 2.96. The molecular formula is C18H23N5. The normalized spacial score (nSPS) is 11.2. The van der Waals surface area contributed by atoms with Crippen LogP contribution in [0.2, 0.25) is 0 Å². The Morgan fingerprint density at radius 2 is 1.87 bits per heavy atom. The largest absolute Gasteiger partial charge is 0.382 e. The molecule has 0 fully saturated rings. The zero-order chi connectivity index (χ0) is 16.1. The molecule has 0 unspecified atom stereocenters. The van der Waals surface area contributed by atoms with Crippen molar-refractivity contribution in [1.82, 2.24) is 19.5 Å². The van der Waals surface area contributed by atoms with Crippen LogP contribution in [0.4, 0.5) is 5.82 Å². The number of aromatic nitrogens is 4. The van der Waals surface area contributed by atoms with Gasteiger partial charge in [0.2, 0.25) is 0 Å². The van der Waals surface area contributed by atoms with Crippen molar-refractivity contribution in [3.05, 3.63) is 48.0 Å². The zero-order valence-corrected chi connectivity index (χ0v) is 13.6. The van der Waals surface area contributed by atoms with Gasteiger partial charge in [-0.2, -0.15) is 0 Å². The summed E-state index contributed by atoms with van der Waals surface area (Å²) in [5, 5.41) is 0. The van der Waals surface area contributed by atoms with E-state index >= 15 is 0 Å². The van der Waals surface area contributed by atoms with E-state index in [1.165, 1.54) is 24.8 Å². The van der Waals surface area contributed by atoms with Gasteiger partial charge in [-0.3, -0.25) is 0 Å². The van der Waals surface area contributed by atoms with Crippen LogP contribution in [0.25, 0.3) is 11.2 Å². The third-order valence-electron chi connectivity index (χ3n) is 3.99. The predicted molar refractivity (Wildman–Crippen MR) is 93.1 cm³/mol. The van der Waals surface area contributed by atoms with Crippen molar-refractivity contribution in [2.75, 3.05) is 5.73 Å². The number of aryl methyl sites for hydroxylation is 1. The maximum absolute atomic E-state index is 6.07. The fraction of sp³-hybridized carbons (Fsp3) is 0.389. The molecular weight excluding hydrogens is 286 g/mol. The summed E-state index contributed by atoms with van der Waals surface area (Å²) in [5.74, 6) is 1.30. The number of nitrogen functional groups attached to an aromatic ring is 1. The quantitative estimate of drug-likeness (QED) is 0.677. The molecule has 0 bridgehead atoms. The molecule has 0 aliphatic carbocycles. The number of fused-ring (bicyclic) bond motifs is 1. The third-order valence-corrected chi connectivity index (χ3v) is 3.99. The first-order chi connectivity index (χ1) is 11.3. The standard InChI is InChI=1S/C18H23N5/c1-2-3-4-8-11-15-21-17(19)16-18(22-15)23(13-20-16)12-14-9-6-5-7-10-14/h5-7,9-10,13H,2-4,8,11-12H2,1H3,(H2,19,21,22). The molecule has 0 spiro atoms. The number of hydrogen-bond donors (Lipinski definition) is 1. The number of nitrogens with zero attached hydrogens (tertiary/aromatic N) is 4. The van der Waals surface area contributed by atoms with Gasteiger partial charge in [0, 0.05) is 6.42 Å². The summed E-state index contributed by atoms with van der Waals surface area (Å²) in [6.07, 6.45) is 7.46. The SMILES string of the molecule is CCCCCCc1nc(N)c2ncn(Cc3ccccc3)c2n1. The number of anilines is 1. The lowest BCUT2D eigenvalue weighted by atomic mass is 10.1. The monoisotopic (exact) mass is 309 g/mol. The summed E-state index contributed by atoms with van der Waals surface area (Å²) in [7, 11) is 0. The first-order valence-electron chi connectivity index (χ1n) is 8.29. The van der Waals surface area contributed by atoms with Gasteiger partial charge < -0.3 is 10.3 Å². The second-order valence-electron chi connectivity index (χ2n) is 5.87. The second kappa shape index (κ2) is 7.22. The van der Waals surface area contributed by atoms with Crippen molar-refractivity contribution in [3.8, 4) is 0 Å². The van der Waals surface area contributed by atoms with Gasteiger partial charge in [0.25, 0.3) is 0 Å². The first kappa shape index (κ1) is 15.5. The molecule has 0 aliphatic rings. The molecule has 120 valence electrons. The molecule has 0 saturated heterocycles. The van der Waals surface area contributed by atoms with E-state index < -0.39 is 0 Å². The minimum absolute atomic E-state index is 0.479. The fourth-order valence-corrected chi connectivity index (χ4v) is 2.73. The summed E-state index contributed by atoms with van der Waals surface area (Å²) >= 11 is 0.